The van der Waals surface area contributed by atoms with Crippen LogP contribution >= 0.6 is 27.3 Å². The highest BCUT2D eigenvalue weighted by atomic mass is 79.9. The molecule has 0 aliphatic rings. The molecule has 0 fully saturated rings. The molecule has 0 aliphatic carbocycles. The average Bonchev–Trinajstić information content (AvgIpc) is 2.46. The second kappa shape index (κ2) is 5.63. The molecule has 1 aromatic heterocycles. The van der Waals surface area contributed by atoms with Gasteiger partial charge >= 0.3 is 0 Å². The van der Waals surface area contributed by atoms with Crippen molar-refractivity contribution in [3.63, 3.8) is 0 Å². The van der Waals surface area contributed by atoms with Crippen molar-refractivity contribution in [1.82, 2.24) is 10.2 Å². The van der Waals surface area contributed by atoms with Crippen LogP contribution < -0.4 is 5.32 Å². The maximum atomic E-state index is 11.3. The van der Waals surface area contributed by atoms with E-state index >= 15 is 0 Å². The van der Waals surface area contributed by atoms with E-state index in [1.807, 2.05) is 0 Å². The summed E-state index contributed by atoms with van der Waals surface area (Å²) in [6.07, 6.45) is 0. The summed E-state index contributed by atoms with van der Waals surface area (Å²) in [6, 6.07) is 2.09. The van der Waals surface area contributed by atoms with E-state index in [0.29, 0.717) is 6.54 Å². The van der Waals surface area contributed by atoms with Gasteiger partial charge in [0.15, 0.2) is 0 Å². The molecular weight excluding hydrogens is 276 g/mol. The third kappa shape index (κ3) is 3.93. The van der Waals surface area contributed by atoms with Crippen molar-refractivity contribution in [2.75, 3.05) is 20.6 Å². The Bertz CT molecular complexity index is 330. The summed E-state index contributed by atoms with van der Waals surface area (Å²) >= 11 is 5.21. The lowest BCUT2D eigenvalue weighted by molar-refractivity contribution is -0.127. The summed E-state index contributed by atoms with van der Waals surface area (Å²) in [4.78, 5) is 15.4. The number of carbonyl (C=O) groups is 1. The quantitative estimate of drug-likeness (QED) is 0.920. The number of nitrogens with one attached hydrogen (secondary N) is 1. The largest absolute Gasteiger partial charge is 0.348 e. The van der Waals surface area contributed by atoms with E-state index in [-0.39, 0.29) is 5.91 Å². The summed E-state index contributed by atoms with van der Waals surface area (Å²) in [5, 5.41) is 3.12. The van der Waals surface area contributed by atoms with Crippen LogP contribution in [0.25, 0.3) is 0 Å². The van der Waals surface area contributed by atoms with Crippen molar-refractivity contribution in [3.8, 4) is 0 Å². The molecule has 1 rings (SSSR count). The van der Waals surface area contributed by atoms with E-state index < -0.39 is 0 Å². The highest BCUT2D eigenvalue weighted by Gasteiger charge is 2.05. The van der Waals surface area contributed by atoms with Gasteiger partial charge in [-0.15, -0.1) is 11.3 Å². The molecule has 0 radical (unpaired) electrons. The predicted molar refractivity (Wildman–Crippen MR) is 67.2 cm³/mol. The third-order valence-corrected chi connectivity index (χ3v) is 4.12. The van der Waals surface area contributed by atoms with Crippen LogP contribution in [0, 0.1) is 6.92 Å². The number of likely N-dealkylation sites (N-methyl/N-ethyl adjacent to an activating group) is 1. The van der Waals surface area contributed by atoms with Crippen LogP contribution in [-0.2, 0) is 11.3 Å². The number of carbonyl (C=O) groups excluding carboxylic acids is 1. The Morgan fingerprint density at radius 2 is 2.27 bits per heavy atom. The van der Waals surface area contributed by atoms with Crippen LogP contribution in [-0.4, -0.2) is 31.4 Å². The van der Waals surface area contributed by atoms with Gasteiger partial charge in [0, 0.05) is 34.9 Å². The standard InChI is InChI=1S/C10H15BrN2OS/c1-7-9(11)4-8(15-7)5-12-6-10(14)13(2)3/h4,12H,5-6H2,1-3H3. The minimum Gasteiger partial charge on any atom is -0.348 e. The third-order valence-electron chi connectivity index (χ3n) is 1.98. The zero-order valence-corrected chi connectivity index (χ0v) is 11.5. The number of halogens is 1. The molecule has 0 spiro atoms. The van der Waals surface area contributed by atoms with Gasteiger partial charge in [-0.05, 0) is 28.9 Å². The number of nitrogens with zero attached hydrogens (tertiary/aromatic N) is 1. The fourth-order valence-corrected chi connectivity index (χ4v) is 2.63. The van der Waals surface area contributed by atoms with Crippen molar-refractivity contribution in [3.05, 3.63) is 20.3 Å². The Morgan fingerprint density at radius 3 is 2.73 bits per heavy atom. The van der Waals surface area contributed by atoms with Crippen LogP contribution in [0.1, 0.15) is 9.75 Å². The van der Waals surface area contributed by atoms with E-state index in [0.717, 1.165) is 11.0 Å². The van der Waals surface area contributed by atoms with Gasteiger partial charge in [0.2, 0.25) is 5.91 Å². The van der Waals surface area contributed by atoms with Crippen molar-refractivity contribution >= 4 is 33.2 Å². The minimum absolute atomic E-state index is 0.0994. The van der Waals surface area contributed by atoms with Crippen molar-refractivity contribution in [2.24, 2.45) is 0 Å². The van der Waals surface area contributed by atoms with Gasteiger partial charge in [-0.2, -0.15) is 0 Å². The van der Waals surface area contributed by atoms with Gasteiger partial charge in [0.05, 0.1) is 6.54 Å². The number of aryl methyl sites for hydroxylation is 1. The predicted octanol–water partition coefficient (Wildman–Crippen LogP) is 2.00. The Labute approximate surface area is 103 Å². The number of amides is 1. The molecule has 0 unspecified atom stereocenters. The van der Waals surface area contributed by atoms with E-state index in [2.05, 4.69) is 34.2 Å². The molecule has 0 aliphatic heterocycles. The molecule has 15 heavy (non-hydrogen) atoms. The zero-order valence-electron chi connectivity index (χ0n) is 9.13. The van der Waals surface area contributed by atoms with Crippen molar-refractivity contribution in [2.45, 2.75) is 13.5 Å². The summed E-state index contributed by atoms with van der Waals surface area (Å²) in [5.41, 5.74) is 0. The van der Waals surface area contributed by atoms with E-state index in [4.69, 9.17) is 0 Å². The van der Waals surface area contributed by atoms with Gasteiger partial charge in [-0.3, -0.25) is 4.79 Å². The molecule has 1 heterocycles. The summed E-state index contributed by atoms with van der Waals surface area (Å²) < 4.78 is 1.14. The van der Waals surface area contributed by atoms with Gasteiger partial charge in [0.25, 0.3) is 0 Å². The number of thiophene rings is 1. The topological polar surface area (TPSA) is 32.3 Å². The van der Waals surface area contributed by atoms with Crippen LogP contribution in [0.2, 0.25) is 0 Å². The maximum Gasteiger partial charge on any atom is 0.236 e. The van der Waals surface area contributed by atoms with E-state index in [1.54, 1.807) is 30.3 Å². The lowest BCUT2D eigenvalue weighted by Gasteiger charge is -2.10. The SMILES string of the molecule is Cc1sc(CNCC(=O)N(C)C)cc1Br. The second-order valence-electron chi connectivity index (χ2n) is 3.51. The first kappa shape index (κ1) is 12.7. The molecule has 1 amide bonds. The Balaban J connectivity index is 2.35. The molecule has 0 aromatic carbocycles. The molecule has 1 aromatic rings. The molecule has 3 nitrogen and oxygen atoms in total. The highest BCUT2D eigenvalue weighted by Crippen LogP contribution is 2.25. The van der Waals surface area contributed by atoms with Crippen molar-refractivity contribution in [1.29, 1.82) is 0 Å². The van der Waals surface area contributed by atoms with Crippen molar-refractivity contribution < 1.29 is 4.79 Å². The fraction of sp³-hybridized carbons (Fsp3) is 0.500. The Hall–Kier alpha value is -0.390. The maximum absolute atomic E-state index is 11.3. The van der Waals surface area contributed by atoms with Gasteiger partial charge in [0.1, 0.15) is 0 Å². The van der Waals surface area contributed by atoms with E-state index in [9.17, 15) is 4.79 Å². The lowest BCUT2D eigenvalue weighted by atomic mass is 10.4. The normalized spacial score (nSPS) is 10.4. The second-order valence-corrected chi connectivity index (χ2v) is 5.70. The molecule has 1 N–H and O–H groups in total. The Kier molecular flexibility index (Phi) is 4.76. The number of hydrogen-bond donors (Lipinski definition) is 1. The van der Waals surface area contributed by atoms with Crippen LogP contribution in [0.5, 0.6) is 0 Å². The first-order valence-electron chi connectivity index (χ1n) is 4.66. The molecule has 0 atom stereocenters. The van der Waals surface area contributed by atoms with Crippen LogP contribution in [0.4, 0.5) is 0 Å². The average molecular weight is 291 g/mol. The summed E-state index contributed by atoms with van der Waals surface area (Å²) in [5.74, 6) is 0.0994. The van der Waals surface area contributed by atoms with E-state index in [1.165, 1.54) is 9.75 Å². The van der Waals surface area contributed by atoms with Gasteiger partial charge in [-0.1, -0.05) is 0 Å². The molecular formula is C10H15BrN2OS. The lowest BCUT2D eigenvalue weighted by Crippen LogP contribution is -2.32. The molecule has 0 bridgehead atoms. The Morgan fingerprint density at radius 1 is 1.60 bits per heavy atom. The molecule has 5 heteroatoms. The molecule has 0 saturated heterocycles. The van der Waals surface area contributed by atoms with Gasteiger partial charge in [-0.25, -0.2) is 0 Å². The van der Waals surface area contributed by atoms with Crippen LogP contribution in [0.15, 0.2) is 10.5 Å². The number of hydrogen-bond acceptors (Lipinski definition) is 3. The minimum atomic E-state index is 0.0994. The zero-order chi connectivity index (χ0) is 11.4. The van der Waals surface area contributed by atoms with Gasteiger partial charge < -0.3 is 10.2 Å². The first-order valence-corrected chi connectivity index (χ1v) is 6.27. The van der Waals surface area contributed by atoms with Crippen LogP contribution in [0.3, 0.4) is 0 Å². The summed E-state index contributed by atoms with van der Waals surface area (Å²) in [7, 11) is 3.52. The summed E-state index contributed by atoms with van der Waals surface area (Å²) in [6.45, 7) is 3.21. The fourth-order valence-electron chi connectivity index (χ4n) is 1.06. The monoisotopic (exact) mass is 290 g/mol. The molecule has 84 valence electrons. The molecule has 0 saturated carbocycles. The smallest absolute Gasteiger partial charge is 0.236 e. The number of rotatable bonds is 4. The first-order chi connectivity index (χ1) is 7.00. The highest BCUT2D eigenvalue weighted by molar-refractivity contribution is 9.10.